The summed E-state index contributed by atoms with van der Waals surface area (Å²) < 4.78 is 6.37. The van der Waals surface area contributed by atoms with Gasteiger partial charge in [0.1, 0.15) is 11.3 Å². The molecule has 0 unspecified atom stereocenters. The summed E-state index contributed by atoms with van der Waals surface area (Å²) in [7, 11) is 0. The molecule has 0 aromatic carbocycles. The Hall–Kier alpha value is -0.520. The van der Waals surface area contributed by atoms with Crippen molar-refractivity contribution < 1.29 is 9.53 Å². The van der Waals surface area contributed by atoms with Crippen molar-refractivity contribution in [3.63, 3.8) is 0 Å². The van der Waals surface area contributed by atoms with Crippen LogP contribution in [0.25, 0.3) is 0 Å². The largest absolute Gasteiger partial charge is 0.455 e. The number of rotatable bonds is 2. The molecule has 1 rings (SSSR count). The number of halogens is 1. The molecule has 4 heteroatoms. The van der Waals surface area contributed by atoms with Crippen molar-refractivity contribution in [2.24, 2.45) is 0 Å². The van der Waals surface area contributed by atoms with Crippen LogP contribution in [0.15, 0.2) is 0 Å². The molecule has 0 amide bonds. The van der Waals surface area contributed by atoms with E-state index in [-0.39, 0.29) is 5.97 Å². The summed E-state index contributed by atoms with van der Waals surface area (Å²) in [5.41, 5.74) is 2.34. The van der Waals surface area contributed by atoms with E-state index >= 15 is 0 Å². The van der Waals surface area contributed by atoms with Crippen LogP contribution in [0.5, 0.6) is 0 Å². The Kier molecular flexibility index (Phi) is 4.04. The van der Waals surface area contributed by atoms with Crippen molar-refractivity contribution in [3.05, 3.63) is 20.5 Å². The van der Waals surface area contributed by atoms with E-state index in [4.69, 9.17) is 4.74 Å². The number of aromatic amines is 1. The summed E-state index contributed by atoms with van der Waals surface area (Å²) in [6.07, 6.45) is 0.833. The van der Waals surface area contributed by atoms with Gasteiger partial charge < -0.3 is 9.72 Å². The molecule has 0 atom stereocenters. The highest BCUT2D eigenvalue weighted by Crippen LogP contribution is 2.22. The fourth-order valence-corrected chi connectivity index (χ4v) is 2.14. The van der Waals surface area contributed by atoms with Crippen LogP contribution < -0.4 is 0 Å². The van der Waals surface area contributed by atoms with E-state index < -0.39 is 5.60 Å². The van der Waals surface area contributed by atoms with Crippen LogP contribution in [-0.2, 0) is 11.2 Å². The smallest absolute Gasteiger partial charge is 0.355 e. The summed E-state index contributed by atoms with van der Waals surface area (Å²) in [4.78, 5) is 15.0. The van der Waals surface area contributed by atoms with E-state index in [0.29, 0.717) is 5.69 Å². The highest BCUT2D eigenvalue weighted by Gasteiger charge is 2.23. The molecule has 0 aliphatic rings. The number of ether oxygens (including phenoxy) is 1. The third kappa shape index (κ3) is 2.99. The number of H-pyrrole nitrogens is 1. The molecule has 3 nitrogen and oxygen atoms in total. The second-order valence-corrected chi connectivity index (χ2v) is 5.85. The standard InChI is InChI=1S/C12H18INO2/c1-6-8-7(2)10(13)14-9(8)11(15)16-12(3,4)5/h14H,6H2,1-5H3. The summed E-state index contributed by atoms with van der Waals surface area (Å²) in [5.74, 6) is -0.268. The van der Waals surface area contributed by atoms with Crippen LogP contribution in [0.3, 0.4) is 0 Å². The lowest BCUT2D eigenvalue weighted by Gasteiger charge is -2.19. The Labute approximate surface area is 110 Å². The van der Waals surface area contributed by atoms with E-state index in [9.17, 15) is 4.79 Å². The molecule has 1 aromatic rings. The summed E-state index contributed by atoms with van der Waals surface area (Å²) >= 11 is 2.20. The second-order valence-electron chi connectivity index (χ2n) is 4.77. The van der Waals surface area contributed by atoms with Gasteiger partial charge in [-0.1, -0.05) is 6.92 Å². The predicted octanol–water partition coefficient (Wildman–Crippen LogP) is 3.45. The lowest BCUT2D eigenvalue weighted by Crippen LogP contribution is -2.24. The fourth-order valence-electron chi connectivity index (χ4n) is 1.54. The lowest BCUT2D eigenvalue weighted by atomic mass is 10.1. The third-order valence-corrected chi connectivity index (χ3v) is 3.35. The first-order valence-electron chi connectivity index (χ1n) is 5.36. The Morgan fingerprint density at radius 1 is 1.44 bits per heavy atom. The molecule has 1 N–H and O–H groups in total. The highest BCUT2D eigenvalue weighted by molar-refractivity contribution is 14.1. The molecule has 0 fully saturated rings. The van der Waals surface area contributed by atoms with Gasteiger partial charge in [-0.15, -0.1) is 0 Å². The van der Waals surface area contributed by atoms with Gasteiger partial charge in [0.2, 0.25) is 0 Å². The first kappa shape index (κ1) is 13.5. The van der Waals surface area contributed by atoms with E-state index in [1.807, 2.05) is 34.6 Å². The molecule has 16 heavy (non-hydrogen) atoms. The minimum Gasteiger partial charge on any atom is -0.455 e. The van der Waals surface area contributed by atoms with E-state index in [1.54, 1.807) is 0 Å². The maximum atomic E-state index is 11.9. The van der Waals surface area contributed by atoms with Crippen LogP contribution in [0, 0.1) is 10.6 Å². The van der Waals surface area contributed by atoms with Crippen molar-refractivity contribution in [3.8, 4) is 0 Å². The predicted molar refractivity (Wildman–Crippen MR) is 72.8 cm³/mol. The molecule has 0 bridgehead atoms. The normalized spacial score (nSPS) is 11.6. The zero-order valence-corrected chi connectivity index (χ0v) is 12.6. The summed E-state index contributed by atoms with van der Waals surface area (Å²) in [6.45, 7) is 9.68. The van der Waals surface area contributed by atoms with Gasteiger partial charge in [-0.3, -0.25) is 0 Å². The zero-order chi connectivity index (χ0) is 12.5. The second kappa shape index (κ2) is 4.77. The average molecular weight is 335 g/mol. The topological polar surface area (TPSA) is 42.1 Å². The summed E-state index contributed by atoms with van der Waals surface area (Å²) in [6, 6.07) is 0. The van der Waals surface area contributed by atoms with Crippen LogP contribution in [-0.4, -0.2) is 16.6 Å². The monoisotopic (exact) mass is 335 g/mol. The number of aromatic nitrogens is 1. The SMILES string of the molecule is CCc1c(C(=O)OC(C)(C)C)[nH]c(I)c1C. The molecule has 0 saturated heterocycles. The minimum atomic E-state index is -0.452. The quantitative estimate of drug-likeness (QED) is 0.664. The molecule has 0 radical (unpaired) electrons. The van der Waals surface area contributed by atoms with E-state index in [2.05, 4.69) is 27.6 Å². The number of esters is 1. The Morgan fingerprint density at radius 2 is 2.00 bits per heavy atom. The average Bonchev–Trinajstić information content (AvgIpc) is 2.40. The Balaban J connectivity index is 3.05. The molecule has 0 spiro atoms. The van der Waals surface area contributed by atoms with Crippen molar-refractivity contribution in [1.29, 1.82) is 0 Å². The number of nitrogens with one attached hydrogen (secondary N) is 1. The maximum Gasteiger partial charge on any atom is 0.355 e. The molecule has 0 aliphatic carbocycles. The van der Waals surface area contributed by atoms with Crippen LogP contribution >= 0.6 is 22.6 Å². The van der Waals surface area contributed by atoms with Gasteiger partial charge in [0, 0.05) is 0 Å². The van der Waals surface area contributed by atoms with Crippen molar-refractivity contribution in [2.75, 3.05) is 0 Å². The van der Waals surface area contributed by atoms with Crippen LogP contribution in [0.1, 0.15) is 49.3 Å². The molecular weight excluding hydrogens is 317 g/mol. The van der Waals surface area contributed by atoms with Crippen molar-refractivity contribution in [2.45, 2.75) is 46.6 Å². The van der Waals surface area contributed by atoms with E-state index in [0.717, 1.165) is 21.2 Å². The van der Waals surface area contributed by atoms with Crippen LogP contribution in [0.2, 0.25) is 0 Å². The highest BCUT2D eigenvalue weighted by atomic mass is 127. The van der Waals surface area contributed by atoms with Gasteiger partial charge in [-0.05, 0) is 67.8 Å². The van der Waals surface area contributed by atoms with Crippen molar-refractivity contribution in [1.82, 2.24) is 4.98 Å². The Bertz CT molecular complexity index is 402. The van der Waals surface area contributed by atoms with Gasteiger partial charge >= 0.3 is 5.97 Å². The molecule has 90 valence electrons. The first-order chi connectivity index (χ1) is 7.26. The van der Waals surface area contributed by atoms with E-state index in [1.165, 1.54) is 0 Å². The zero-order valence-electron chi connectivity index (χ0n) is 10.4. The summed E-state index contributed by atoms with van der Waals surface area (Å²) in [5, 5.41) is 0. The fraction of sp³-hybridized carbons (Fsp3) is 0.583. The van der Waals surface area contributed by atoms with Gasteiger partial charge in [0.25, 0.3) is 0 Å². The van der Waals surface area contributed by atoms with Gasteiger partial charge in [-0.25, -0.2) is 4.79 Å². The van der Waals surface area contributed by atoms with Gasteiger partial charge in [-0.2, -0.15) is 0 Å². The number of hydrogen-bond donors (Lipinski definition) is 1. The van der Waals surface area contributed by atoms with Gasteiger partial charge in [0.05, 0.1) is 3.70 Å². The molecule has 0 aliphatic heterocycles. The molecule has 1 heterocycles. The lowest BCUT2D eigenvalue weighted by molar-refractivity contribution is 0.00623. The van der Waals surface area contributed by atoms with Gasteiger partial charge in [0.15, 0.2) is 0 Å². The molecular formula is C12H18INO2. The third-order valence-electron chi connectivity index (χ3n) is 2.27. The number of carbonyl (C=O) groups excluding carboxylic acids is 1. The minimum absolute atomic E-state index is 0.268. The first-order valence-corrected chi connectivity index (χ1v) is 6.44. The molecule has 0 saturated carbocycles. The number of hydrogen-bond acceptors (Lipinski definition) is 2. The maximum absolute atomic E-state index is 11.9. The van der Waals surface area contributed by atoms with Crippen molar-refractivity contribution >= 4 is 28.6 Å². The molecule has 1 aromatic heterocycles. The number of carbonyl (C=O) groups is 1. The van der Waals surface area contributed by atoms with Crippen LogP contribution in [0.4, 0.5) is 0 Å². The Morgan fingerprint density at radius 3 is 2.44 bits per heavy atom.